The number of carbonyl (C=O) groups excluding carboxylic acids is 1. The Morgan fingerprint density at radius 2 is 1.71 bits per heavy atom. The van der Waals surface area contributed by atoms with Crippen molar-refractivity contribution in [2.45, 2.75) is 6.61 Å². The van der Waals surface area contributed by atoms with Crippen LogP contribution >= 0.6 is 11.6 Å². The first kappa shape index (κ1) is 23.9. The molecule has 0 bridgehead atoms. The first-order valence-electron chi connectivity index (χ1n) is 9.60. The van der Waals surface area contributed by atoms with Gasteiger partial charge in [-0.15, -0.1) is 0 Å². The molecule has 0 radical (unpaired) electrons. The number of hydrogen-bond donors (Lipinski definition) is 1. The molecule has 0 aliphatic rings. The fourth-order valence-corrected chi connectivity index (χ4v) is 3.06. The van der Waals surface area contributed by atoms with E-state index in [4.69, 9.17) is 16.3 Å². The van der Waals surface area contributed by atoms with Crippen LogP contribution in [-0.2, 0) is 11.4 Å². The van der Waals surface area contributed by atoms with E-state index in [1.54, 1.807) is 24.3 Å². The molecule has 1 N–H and O–H groups in total. The number of hydrogen-bond acceptors (Lipinski definition) is 7. The summed E-state index contributed by atoms with van der Waals surface area (Å²) in [5, 5.41) is 34.2. The zero-order valence-electron chi connectivity index (χ0n) is 17.3. The number of non-ortho nitro benzene ring substituents is 2. The number of nitro benzene ring substituents is 2. The summed E-state index contributed by atoms with van der Waals surface area (Å²) in [5.74, 6) is -0.501. The maximum Gasteiger partial charge on any atom is 0.271 e. The van der Waals surface area contributed by atoms with Crippen LogP contribution in [0.5, 0.6) is 5.75 Å². The third kappa shape index (κ3) is 6.15. The van der Waals surface area contributed by atoms with Gasteiger partial charge in [0.05, 0.1) is 9.85 Å². The van der Waals surface area contributed by atoms with E-state index in [1.807, 2.05) is 0 Å². The van der Waals surface area contributed by atoms with E-state index in [2.05, 4.69) is 5.32 Å². The number of nitro groups is 2. The van der Waals surface area contributed by atoms with Crippen LogP contribution in [0.2, 0.25) is 5.02 Å². The largest absolute Gasteiger partial charge is 0.488 e. The molecule has 0 spiro atoms. The molecule has 0 unspecified atom stereocenters. The Bertz CT molecular complexity index is 1350. The Morgan fingerprint density at radius 1 is 1.03 bits per heavy atom. The van der Waals surface area contributed by atoms with Crippen LogP contribution in [0.4, 0.5) is 17.1 Å². The molecule has 34 heavy (non-hydrogen) atoms. The molecule has 0 heterocycles. The van der Waals surface area contributed by atoms with Crippen molar-refractivity contribution in [1.29, 1.82) is 5.26 Å². The number of rotatable bonds is 8. The number of nitrogens with zero attached hydrogens (tertiary/aromatic N) is 3. The average Bonchev–Trinajstić information content (AvgIpc) is 2.82. The number of nitriles is 1. The van der Waals surface area contributed by atoms with E-state index in [9.17, 15) is 30.3 Å². The summed E-state index contributed by atoms with van der Waals surface area (Å²) >= 11 is 6.07. The third-order valence-corrected chi connectivity index (χ3v) is 4.70. The highest BCUT2D eigenvalue weighted by Gasteiger charge is 2.14. The zero-order chi connectivity index (χ0) is 24.7. The van der Waals surface area contributed by atoms with Crippen molar-refractivity contribution in [2.75, 3.05) is 5.32 Å². The number of ether oxygens (including phenoxy) is 1. The molecule has 1 amide bonds. The van der Waals surface area contributed by atoms with Crippen molar-refractivity contribution in [2.24, 2.45) is 0 Å². The zero-order valence-corrected chi connectivity index (χ0v) is 18.1. The monoisotopic (exact) mass is 478 g/mol. The van der Waals surface area contributed by atoms with E-state index in [-0.39, 0.29) is 35.0 Å². The van der Waals surface area contributed by atoms with Gasteiger partial charge in [-0.25, -0.2) is 0 Å². The van der Waals surface area contributed by atoms with Gasteiger partial charge in [0, 0.05) is 40.5 Å². The summed E-state index contributed by atoms with van der Waals surface area (Å²) < 4.78 is 5.76. The Morgan fingerprint density at radius 3 is 2.38 bits per heavy atom. The minimum absolute atomic E-state index is 0.00802. The van der Waals surface area contributed by atoms with Crippen LogP contribution in [-0.4, -0.2) is 15.8 Å². The minimum atomic E-state index is -0.785. The summed E-state index contributed by atoms with van der Waals surface area (Å²) in [6, 6.07) is 17.6. The fraction of sp³-hybridized carbons (Fsp3) is 0.0435. The molecule has 170 valence electrons. The third-order valence-electron chi connectivity index (χ3n) is 4.47. The van der Waals surface area contributed by atoms with Gasteiger partial charge < -0.3 is 10.1 Å². The van der Waals surface area contributed by atoms with Gasteiger partial charge in [-0.2, -0.15) is 5.26 Å². The van der Waals surface area contributed by atoms with E-state index in [0.717, 1.165) is 0 Å². The molecular weight excluding hydrogens is 464 g/mol. The van der Waals surface area contributed by atoms with Crippen molar-refractivity contribution in [3.8, 4) is 11.8 Å². The Kier molecular flexibility index (Phi) is 7.53. The Labute approximate surface area is 198 Å². The number of halogens is 1. The van der Waals surface area contributed by atoms with Gasteiger partial charge in [0.1, 0.15) is 24.0 Å². The smallest absolute Gasteiger partial charge is 0.271 e. The quantitative estimate of drug-likeness (QED) is 0.200. The molecule has 0 saturated carbocycles. The summed E-state index contributed by atoms with van der Waals surface area (Å²) in [7, 11) is 0. The van der Waals surface area contributed by atoms with Gasteiger partial charge in [-0.1, -0.05) is 29.8 Å². The molecule has 0 fully saturated rings. The average molecular weight is 479 g/mol. The maximum absolute atomic E-state index is 12.6. The molecule has 0 aromatic heterocycles. The van der Waals surface area contributed by atoms with Crippen LogP contribution in [0.25, 0.3) is 6.08 Å². The topological polar surface area (TPSA) is 148 Å². The lowest BCUT2D eigenvalue weighted by molar-refractivity contribution is -0.385. The van der Waals surface area contributed by atoms with Crippen LogP contribution in [0, 0.1) is 31.6 Å². The Hall–Kier alpha value is -4.75. The van der Waals surface area contributed by atoms with Gasteiger partial charge in [-0.3, -0.25) is 25.0 Å². The molecule has 3 aromatic carbocycles. The van der Waals surface area contributed by atoms with Crippen molar-refractivity contribution in [3.63, 3.8) is 0 Å². The van der Waals surface area contributed by atoms with E-state index in [0.29, 0.717) is 16.1 Å². The van der Waals surface area contributed by atoms with Crippen LogP contribution < -0.4 is 10.1 Å². The summed E-state index contributed by atoms with van der Waals surface area (Å²) in [6.45, 7) is -0.00802. The normalized spacial score (nSPS) is 10.8. The van der Waals surface area contributed by atoms with Crippen LogP contribution in [0.15, 0.2) is 72.3 Å². The lowest BCUT2D eigenvalue weighted by Gasteiger charge is -2.11. The molecule has 0 saturated heterocycles. The van der Waals surface area contributed by atoms with Crippen LogP contribution in [0.3, 0.4) is 0 Å². The number of nitrogens with one attached hydrogen (secondary N) is 1. The minimum Gasteiger partial charge on any atom is -0.488 e. The second kappa shape index (κ2) is 10.7. The standard InChI is InChI=1S/C23H15ClN4O6/c24-18-7-8-22(34-14-15-3-1-5-20(9-15)27(30)31)16(11-18)10-17(13-25)23(29)26-19-4-2-6-21(12-19)28(32)33/h1-12H,14H2,(H,26,29)/b17-10+. The number of amides is 1. The highest BCUT2D eigenvalue weighted by molar-refractivity contribution is 6.30. The first-order valence-corrected chi connectivity index (χ1v) is 9.98. The van der Waals surface area contributed by atoms with E-state index >= 15 is 0 Å². The number of benzene rings is 3. The highest BCUT2D eigenvalue weighted by Crippen LogP contribution is 2.27. The molecule has 0 atom stereocenters. The van der Waals surface area contributed by atoms with E-state index < -0.39 is 15.8 Å². The van der Waals surface area contributed by atoms with Crippen molar-refractivity contribution >= 4 is 40.6 Å². The maximum atomic E-state index is 12.6. The first-order chi connectivity index (χ1) is 16.3. The number of carbonyl (C=O) groups is 1. The highest BCUT2D eigenvalue weighted by atomic mass is 35.5. The fourth-order valence-electron chi connectivity index (χ4n) is 2.88. The number of anilines is 1. The van der Waals surface area contributed by atoms with Crippen molar-refractivity contribution in [1.82, 2.24) is 0 Å². The second-order valence-corrected chi connectivity index (χ2v) is 7.27. The summed E-state index contributed by atoms with van der Waals surface area (Å²) in [5.41, 5.74) is 0.420. The summed E-state index contributed by atoms with van der Waals surface area (Å²) in [6.07, 6.45) is 1.27. The lowest BCUT2D eigenvalue weighted by atomic mass is 10.1. The molecule has 0 aliphatic carbocycles. The predicted octanol–water partition coefficient (Wildman–Crippen LogP) is 5.28. The summed E-state index contributed by atoms with van der Waals surface area (Å²) in [4.78, 5) is 33.4. The van der Waals surface area contributed by atoms with Gasteiger partial charge in [0.2, 0.25) is 0 Å². The second-order valence-electron chi connectivity index (χ2n) is 6.83. The molecule has 10 nitrogen and oxygen atoms in total. The van der Waals surface area contributed by atoms with Crippen molar-refractivity contribution < 1.29 is 19.4 Å². The van der Waals surface area contributed by atoms with E-state index in [1.165, 1.54) is 54.6 Å². The lowest BCUT2D eigenvalue weighted by Crippen LogP contribution is -2.13. The van der Waals surface area contributed by atoms with Gasteiger partial charge >= 0.3 is 0 Å². The predicted molar refractivity (Wildman–Crippen MR) is 124 cm³/mol. The molecule has 0 aliphatic heterocycles. The van der Waals surface area contributed by atoms with Gasteiger partial charge in [0.15, 0.2) is 0 Å². The molecule has 3 aromatic rings. The van der Waals surface area contributed by atoms with Gasteiger partial charge in [0.25, 0.3) is 17.3 Å². The Balaban J connectivity index is 1.83. The molecular formula is C23H15ClN4O6. The molecule has 3 rings (SSSR count). The van der Waals surface area contributed by atoms with Crippen molar-refractivity contribution in [3.05, 3.63) is 109 Å². The van der Waals surface area contributed by atoms with Gasteiger partial charge in [-0.05, 0) is 35.9 Å². The van der Waals surface area contributed by atoms with Crippen LogP contribution in [0.1, 0.15) is 11.1 Å². The SMILES string of the molecule is N#C/C(=C\c1cc(Cl)ccc1OCc1cccc([N+](=O)[O-])c1)C(=O)Nc1cccc([N+](=O)[O-])c1. The molecule has 11 heteroatoms.